The van der Waals surface area contributed by atoms with Crippen LogP contribution < -0.4 is 20.4 Å². The third-order valence-corrected chi connectivity index (χ3v) is 6.27. The van der Waals surface area contributed by atoms with E-state index in [9.17, 15) is 9.59 Å². The normalized spacial score (nSPS) is 17.1. The summed E-state index contributed by atoms with van der Waals surface area (Å²) in [4.78, 5) is 40.0. The molecule has 10 heteroatoms. The summed E-state index contributed by atoms with van der Waals surface area (Å²) in [7, 11) is 1.86. The zero-order valence-corrected chi connectivity index (χ0v) is 20.0. The summed E-state index contributed by atoms with van der Waals surface area (Å²) >= 11 is 6.06. The summed E-state index contributed by atoms with van der Waals surface area (Å²) in [5.41, 5.74) is 1.78. The molecule has 2 aliphatic rings. The van der Waals surface area contributed by atoms with Crippen LogP contribution in [0.4, 0.5) is 17.3 Å². The minimum absolute atomic E-state index is 0.0895. The topological polar surface area (TPSA) is 93.7 Å². The smallest absolute Gasteiger partial charge is 0.245 e. The Kier molecular flexibility index (Phi) is 6.99. The zero-order chi connectivity index (χ0) is 23.5. The number of nitrogens with zero attached hydrogens (tertiary/aromatic N) is 5. The van der Waals surface area contributed by atoms with Crippen LogP contribution in [0.25, 0.3) is 0 Å². The first kappa shape index (κ1) is 23.3. The molecular weight excluding hydrogens is 442 g/mol. The fourth-order valence-electron chi connectivity index (χ4n) is 4.27. The molecule has 2 aliphatic heterocycles. The fraction of sp³-hybridized carbons (Fsp3) is 0.478. The van der Waals surface area contributed by atoms with Gasteiger partial charge in [-0.05, 0) is 17.7 Å². The van der Waals surface area contributed by atoms with Gasteiger partial charge in [-0.2, -0.15) is 0 Å². The van der Waals surface area contributed by atoms with Crippen molar-refractivity contribution in [2.75, 3.05) is 61.4 Å². The first-order valence-electron chi connectivity index (χ1n) is 11.2. The van der Waals surface area contributed by atoms with Crippen molar-refractivity contribution in [1.82, 2.24) is 20.2 Å². The second-order valence-corrected chi connectivity index (χ2v) is 9.21. The lowest BCUT2D eigenvalue weighted by Crippen LogP contribution is -2.51. The molecule has 1 atom stereocenters. The van der Waals surface area contributed by atoms with Crippen LogP contribution in [-0.4, -0.2) is 79.0 Å². The highest BCUT2D eigenvalue weighted by Gasteiger charge is 2.32. The first-order chi connectivity index (χ1) is 15.8. The summed E-state index contributed by atoms with van der Waals surface area (Å²) in [6.07, 6.45) is 1.47. The Hall–Kier alpha value is -2.91. The van der Waals surface area contributed by atoms with Gasteiger partial charge in [0, 0.05) is 50.8 Å². The van der Waals surface area contributed by atoms with E-state index < -0.39 is 0 Å². The van der Waals surface area contributed by atoms with Gasteiger partial charge in [-0.3, -0.25) is 9.59 Å². The molecule has 2 aromatic rings. The fourth-order valence-corrected chi connectivity index (χ4v) is 4.39. The maximum absolute atomic E-state index is 13.5. The molecule has 33 heavy (non-hydrogen) atoms. The number of anilines is 3. The molecule has 9 nitrogen and oxygen atoms in total. The molecule has 1 saturated heterocycles. The molecule has 1 unspecified atom stereocenters. The lowest BCUT2D eigenvalue weighted by Gasteiger charge is -2.39. The molecule has 1 aromatic heterocycles. The summed E-state index contributed by atoms with van der Waals surface area (Å²) in [5.74, 6) is 1.06. The highest BCUT2D eigenvalue weighted by Crippen LogP contribution is 2.35. The van der Waals surface area contributed by atoms with Gasteiger partial charge in [0.15, 0.2) is 11.6 Å². The second kappa shape index (κ2) is 9.93. The lowest BCUT2D eigenvalue weighted by molar-refractivity contribution is -0.133. The Morgan fingerprint density at radius 1 is 1.15 bits per heavy atom. The molecule has 0 radical (unpaired) electrons. The van der Waals surface area contributed by atoms with Crippen molar-refractivity contribution in [2.24, 2.45) is 0 Å². The van der Waals surface area contributed by atoms with Gasteiger partial charge in [0.05, 0.1) is 12.5 Å². The number of piperazine rings is 1. The highest BCUT2D eigenvalue weighted by molar-refractivity contribution is 6.30. The van der Waals surface area contributed by atoms with Crippen molar-refractivity contribution < 1.29 is 9.59 Å². The van der Waals surface area contributed by atoms with Gasteiger partial charge in [0.2, 0.25) is 11.8 Å². The molecule has 0 saturated carbocycles. The third kappa shape index (κ3) is 5.20. The number of hydrogen-bond acceptors (Lipinski definition) is 7. The van der Waals surface area contributed by atoms with Gasteiger partial charge in [-0.1, -0.05) is 37.6 Å². The molecule has 0 aliphatic carbocycles. The summed E-state index contributed by atoms with van der Waals surface area (Å²) < 4.78 is 0. The molecular formula is C23H30ClN7O2. The summed E-state index contributed by atoms with van der Waals surface area (Å²) in [6, 6.07) is 7.81. The van der Waals surface area contributed by atoms with E-state index in [0.29, 0.717) is 43.6 Å². The average molecular weight is 472 g/mol. The maximum Gasteiger partial charge on any atom is 0.245 e. The Labute approximate surface area is 199 Å². The minimum Gasteiger partial charge on any atom is -0.359 e. The number of fused-ring (bicyclic) bond motifs is 1. The van der Waals surface area contributed by atoms with Gasteiger partial charge < -0.3 is 25.3 Å². The number of likely N-dealkylation sites (N-methyl/N-ethyl adjacent to an activating group) is 1. The number of aromatic nitrogens is 2. The zero-order valence-electron chi connectivity index (χ0n) is 19.2. The van der Waals surface area contributed by atoms with E-state index in [2.05, 4.69) is 39.3 Å². The van der Waals surface area contributed by atoms with E-state index in [1.165, 1.54) is 6.33 Å². The van der Waals surface area contributed by atoms with E-state index in [1.807, 2.05) is 41.1 Å². The number of carbonyl (C=O) groups is 2. The Balaban J connectivity index is 1.47. The number of carbonyl (C=O) groups excluding carboxylic acids is 2. The van der Waals surface area contributed by atoms with Crippen LogP contribution in [0.5, 0.6) is 0 Å². The van der Waals surface area contributed by atoms with Gasteiger partial charge in [0.25, 0.3) is 0 Å². The third-order valence-electron chi connectivity index (χ3n) is 6.01. The average Bonchev–Trinajstić information content (AvgIpc) is 2.79. The van der Waals surface area contributed by atoms with Crippen LogP contribution in [0.2, 0.25) is 5.02 Å². The summed E-state index contributed by atoms with van der Waals surface area (Å²) in [5, 5.41) is 6.88. The second-order valence-electron chi connectivity index (χ2n) is 8.78. The number of nitrogens with one attached hydrogen (secondary N) is 2. The number of hydrogen-bond donors (Lipinski definition) is 2. The number of benzene rings is 1. The number of halogens is 1. The van der Waals surface area contributed by atoms with Crippen LogP contribution in [-0.2, 0) is 9.59 Å². The molecule has 0 spiro atoms. The van der Waals surface area contributed by atoms with Crippen LogP contribution in [0.3, 0.4) is 0 Å². The van der Waals surface area contributed by atoms with Crippen molar-refractivity contribution >= 4 is 40.7 Å². The molecule has 0 bridgehead atoms. The van der Waals surface area contributed by atoms with Crippen LogP contribution in [0.15, 0.2) is 30.6 Å². The molecule has 176 valence electrons. The van der Waals surface area contributed by atoms with Crippen LogP contribution in [0, 0.1) is 0 Å². The van der Waals surface area contributed by atoms with Crippen molar-refractivity contribution in [2.45, 2.75) is 25.8 Å². The molecule has 1 aromatic carbocycles. The SMILES string of the molecule is CC(C)NCC(C(=O)N1CCN(c2ncnc3c2N(C)CC(=O)N3)CC1)c1ccc(Cl)cc1. The Bertz CT molecular complexity index is 1010. The lowest BCUT2D eigenvalue weighted by atomic mass is 9.96. The minimum atomic E-state index is -0.274. The Morgan fingerprint density at radius 3 is 2.52 bits per heavy atom. The van der Waals surface area contributed by atoms with Gasteiger partial charge in [0.1, 0.15) is 12.0 Å². The summed E-state index contributed by atoms with van der Waals surface area (Å²) in [6.45, 7) is 7.48. The van der Waals surface area contributed by atoms with Gasteiger partial charge in [-0.15, -0.1) is 0 Å². The van der Waals surface area contributed by atoms with E-state index in [-0.39, 0.29) is 30.3 Å². The molecule has 2 amide bonds. The number of amides is 2. The monoisotopic (exact) mass is 471 g/mol. The number of rotatable bonds is 6. The molecule has 1 fully saturated rings. The van der Waals surface area contributed by atoms with Gasteiger partial charge in [-0.25, -0.2) is 9.97 Å². The predicted octanol–water partition coefficient (Wildman–Crippen LogP) is 1.95. The van der Waals surface area contributed by atoms with Crippen molar-refractivity contribution in [1.29, 1.82) is 0 Å². The standard InChI is InChI=1S/C23H30ClN7O2/c1-15(2)25-12-18(16-4-6-17(24)7-5-16)23(33)31-10-8-30(9-11-31)22-20-21(26-14-27-22)28-19(32)13-29(20)3/h4-7,14-15,18,25H,8-13H2,1-3H3,(H,26,27,28,32). The van der Waals surface area contributed by atoms with Crippen LogP contribution in [0.1, 0.15) is 25.3 Å². The molecule has 4 rings (SSSR count). The first-order valence-corrected chi connectivity index (χ1v) is 11.6. The van der Waals surface area contributed by atoms with E-state index >= 15 is 0 Å². The van der Waals surface area contributed by atoms with Crippen molar-refractivity contribution in [3.8, 4) is 0 Å². The van der Waals surface area contributed by atoms with E-state index in [1.54, 1.807) is 0 Å². The van der Waals surface area contributed by atoms with Crippen molar-refractivity contribution in [3.05, 3.63) is 41.2 Å². The largest absolute Gasteiger partial charge is 0.359 e. The van der Waals surface area contributed by atoms with Crippen LogP contribution >= 0.6 is 11.6 Å². The highest BCUT2D eigenvalue weighted by atomic mass is 35.5. The van der Waals surface area contributed by atoms with Gasteiger partial charge >= 0.3 is 0 Å². The van der Waals surface area contributed by atoms with E-state index in [4.69, 9.17) is 11.6 Å². The quantitative estimate of drug-likeness (QED) is 0.665. The Morgan fingerprint density at radius 2 is 1.85 bits per heavy atom. The maximum atomic E-state index is 13.5. The predicted molar refractivity (Wildman–Crippen MR) is 130 cm³/mol. The van der Waals surface area contributed by atoms with Crippen molar-refractivity contribution in [3.63, 3.8) is 0 Å². The molecule has 2 N–H and O–H groups in total. The molecule has 3 heterocycles. The van der Waals surface area contributed by atoms with E-state index in [0.717, 1.165) is 17.1 Å².